The van der Waals surface area contributed by atoms with E-state index in [9.17, 15) is 4.79 Å². The molecule has 23 heavy (non-hydrogen) atoms. The van der Waals surface area contributed by atoms with E-state index in [-0.39, 0.29) is 5.91 Å². The summed E-state index contributed by atoms with van der Waals surface area (Å²) in [7, 11) is 1.61. The minimum absolute atomic E-state index is 0.123. The van der Waals surface area contributed by atoms with Crippen LogP contribution < -0.4 is 15.0 Å². The van der Waals surface area contributed by atoms with Gasteiger partial charge in [0.1, 0.15) is 5.75 Å². The lowest BCUT2D eigenvalue weighted by Gasteiger charge is -2.23. The van der Waals surface area contributed by atoms with Crippen molar-refractivity contribution in [2.24, 2.45) is 0 Å². The van der Waals surface area contributed by atoms with Crippen LogP contribution in [0.4, 0.5) is 11.4 Å². The second-order valence-corrected chi connectivity index (χ2v) is 5.36. The Bertz CT molecular complexity index is 662. The summed E-state index contributed by atoms with van der Waals surface area (Å²) in [4.78, 5) is 14.6. The second-order valence-electron chi connectivity index (χ2n) is 5.36. The highest BCUT2D eigenvalue weighted by atomic mass is 16.5. The van der Waals surface area contributed by atoms with Gasteiger partial charge in [-0.1, -0.05) is 0 Å². The summed E-state index contributed by atoms with van der Waals surface area (Å²) in [6, 6.07) is 13.1. The van der Waals surface area contributed by atoms with E-state index in [1.165, 1.54) is 5.69 Å². The van der Waals surface area contributed by atoms with Crippen LogP contribution in [0.2, 0.25) is 0 Å². The highest BCUT2D eigenvalue weighted by Crippen LogP contribution is 2.24. The molecule has 0 fully saturated rings. The van der Waals surface area contributed by atoms with E-state index in [0.717, 1.165) is 30.1 Å². The molecule has 2 aromatic rings. The van der Waals surface area contributed by atoms with Gasteiger partial charge in [0.25, 0.3) is 5.91 Å². The minimum atomic E-state index is -0.123. The molecular weight excluding hydrogens is 288 g/mol. The predicted octanol–water partition coefficient (Wildman–Crippen LogP) is 4.10. The van der Waals surface area contributed by atoms with E-state index >= 15 is 0 Å². The Balaban J connectivity index is 2.13. The number of hydrogen-bond acceptors (Lipinski definition) is 3. The number of carbonyl (C=O) groups is 1. The third-order valence-corrected chi connectivity index (χ3v) is 3.91. The first-order valence-electron chi connectivity index (χ1n) is 7.90. The van der Waals surface area contributed by atoms with Crippen molar-refractivity contribution in [3.8, 4) is 5.75 Å². The number of nitrogens with one attached hydrogen (secondary N) is 1. The molecule has 122 valence electrons. The van der Waals surface area contributed by atoms with Crippen LogP contribution in [0.3, 0.4) is 0 Å². The fourth-order valence-electron chi connectivity index (χ4n) is 2.60. The van der Waals surface area contributed by atoms with E-state index in [1.54, 1.807) is 31.4 Å². The van der Waals surface area contributed by atoms with Gasteiger partial charge in [0.05, 0.1) is 7.11 Å². The molecule has 0 bridgehead atoms. The fourth-order valence-corrected chi connectivity index (χ4v) is 2.60. The van der Waals surface area contributed by atoms with Gasteiger partial charge in [0.2, 0.25) is 0 Å². The third kappa shape index (κ3) is 4.03. The van der Waals surface area contributed by atoms with Crippen LogP contribution in [0.1, 0.15) is 29.8 Å². The fraction of sp³-hybridized carbons (Fsp3) is 0.316. The lowest BCUT2D eigenvalue weighted by atomic mass is 10.1. The van der Waals surface area contributed by atoms with Crippen molar-refractivity contribution in [3.63, 3.8) is 0 Å². The molecule has 1 amide bonds. The van der Waals surface area contributed by atoms with Gasteiger partial charge < -0.3 is 15.0 Å². The number of benzene rings is 2. The summed E-state index contributed by atoms with van der Waals surface area (Å²) < 4.78 is 5.10. The zero-order valence-corrected chi connectivity index (χ0v) is 14.2. The van der Waals surface area contributed by atoms with Crippen molar-refractivity contribution < 1.29 is 9.53 Å². The maximum Gasteiger partial charge on any atom is 0.255 e. The second kappa shape index (κ2) is 7.68. The molecule has 4 heteroatoms. The Kier molecular flexibility index (Phi) is 5.63. The lowest BCUT2D eigenvalue weighted by Crippen LogP contribution is -2.22. The Labute approximate surface area is 138 Å². The molecule has 0 aliphatic heterocycles. The van der Waals surface area contributed by atoms with Crippen molar-refractivity contribution in [1.29, 1.82) is 0 Å². The van der Waals surface area contributed by atoms with Crippen LogP contribution in [0, 0.1) is 6.92 Å². The molecule has 0 saturated heterocycles. The lowest BCUT2D eigenvalue weighted by molar-refractivity contribution is 0.102. The maximum atomic E-state index is 12.3. The number of aryl methyl sites for hydroxylation is 1. The Morgan fingerprint density at radius 1 is 1.09 bits per heavy atom. The molecule has 0 heterocycles. The normalized spacial score (nSPS) is 10.3. The van der Waals surface area contributed by atoms with Crippen molar-refractivity contribution in [2.45, 2.75) is 20.8 Å². The molecule has 2 rings (SSSR count). The third-order valence-electron chi connectivity index (χ3n) is 3.91. The number of methoxy groups -OCH3 is 1. The monoisotopic (exact) mass is 312 g/mol. The van der Waals surface area contributed by atoms with Gasteiger partial charge in [0.15, 0.2) is 0 Å². The smallest absolute Gasteiger partial charge is 0.255 e. The van der Waals surface area contributed by atoms with Crippen molar-refractivity contribution in [1.82, 2.24) is 0 Å². The van der Waals surface area contributed by atoms with Crippen LogP contribution in [0.5, 0.6) is 5.75 Å². The van der Waals surface area contributed by atoms with Gasteiger partial charge in [-0.05, 0) is 68.8 Å². The number of carbonyl (C=O) groups excluding carboxylic acids is 1. The molecule has 2 aromatic carbocycles. The molecule has 0 aliphatic carbocycles. The summed E-state index contributed by atoms with van der Waals surface area (Å²) in [5.74, 6) is 0.614. The zero-order chi connectivity index (χ0) is 16.8. The summed E-state index contributed by atoms with van der Waals surface area (Å²) in [6.07, 6.45) is 0. The quantitative estimate of drug-likeness (QED) is 0.873. The van der Waals surface area contributed by atoms with E-state index < -0.39 is 0 Å². The highest BCUT2D eigenvalue weighted by Gasteiger charge is 2.09. The number of nitrogens with zero attached hydrogens (tertiary/aromatic N) is 1. The van der Waals surface area contributed by atoms with Crippen molar-refractivity contribution >= 4 is 17.3 Å². The van der Waals surface area contributed by atoms with Gasteiger partial charge in [-0.15, -0.1) is 0 Å². The molecule has 0 saturated carbocycles. The summed E-state index contributed by atoms with van der Waals surface area (Å²) >= 11 is 0. The SMILES string of the molecule is CCN(CC)c1ccc(NC(=O)c2ccc(OC)cc2)cc1C. The van der Waals surface area contributed by atoms with E-state index in [1.807, 2.05) is 12.1 Å². The summed E-state index contributed by atoms with van der Waals surface area (Å²) in [6.45, 7) is 8.28. The summed E-state index contributed by atoms with van der Waals surface area (Å²) in [5, 5.41) is 2.94. The molecule has 1 N–H and O–H groups in total. The first-order chi connectivity index (χ1) is 11.1. The Morgan fingerprint density at radius 2 is 1.74 bits per heavy atom. The van der Waals surface area contributed by atoms with Crippen LogP contribution in [-0.2, 0) is 0 Å². The number of ether oxygens (including phenoxy) is 1. The first kappa shape index (κ1) is 16.9. The van der Waals surface area contributed by atoms with Crippen molar-refractivity contribution in [2.75, 3.05) is 30.4 Å². The van der Waals surface area contributed by atoms with Gasteiger partial charge in [-0.3, -0.25) is 4.79 Å². The van der Waals surface area contributed by atoms with E-state index in [4.69, 9.17) is 4.74 Å². The Hall–Kier alpha value is -2.49. The molecule has 0 spiro atoms. The molecule has 0 aromatic heterocycles. The molecule has 0 radical (unpaired) electrons. The average Bonchev–Trinajstić information content (AvgIpc) is 2.57. The van der Waals surface area contributed by atoms with Crippen LogP contribution >= 0.6 is 0 Å². The first-order valence-corrected chi connectivity index (χ1v) is 7.90. The predicted molar refractivity (Wildman–Crippen MR) is 95.7 cm³/mol. The standard InChI is InChI=1S/C19H24N2O2/c1-5-21(6-2)18-12-9-16(13-14(18)3)20-19(22)15-7-10-17(23-4)11-8-15/h7-13H,5-6H2,1-4H3,(H,20,22). The van der Waals surface area contributed by atoms with Gasteiger partial charge in [0, 0.05) is 30.0 Å². The maximum absolute atomic E-state index is 12.3. The largest absolute Gasteiger partial charge is 0.497 e. The number of anilines is 2. The van der Waals surface area contributed by atoms with Gasteiger partial charge in [-0.2, -0.15) is 0 Å². The van der Waals surface area contributed by atoms with E-state index in [2.05, 4.69) is 37.1 Å². The molecule has 0 aliphatic rings. The average molecular weight is 312 g/mol. The molecule has 0 unspecified atom stereocenters. The number of rotatable bonds is 6. The molecular formula is C19H24N2O2. The number of hydrogen-bond donors (Lipinski definition) is 1. The summed E-state index contributed by atoms with van der Waals surface area (Å²) in [5.41, 5.74) is 3.77. The van der Waals surface area contributed by atoms with Crippen molar-refractivity contribution in [3.05, 3.63) is 53.6 Å². The zero-order valence-electron chi connectivity index (χ0n) is 14.2. The number of amides is 1. The van der Waals surface area contributed by atoms with Crippen LogP contribution in [0.15, 0.2) is 42.5 Å². The molecule has 0 atom stereocenters. The van der Waals surface area contributed by atoms with E-state index in [0.29, 0.717) is 5.56 Å². The van der Waals surface area contributed by atoms with Crippen LogP contribution in [-0.4, -0.2) is 26.1 Å². The Morgan fingerprint density at radius 3 is 2.26 bits per heavy atom. The van der Waals surface area contributed by atoms with Gasteiger partial charge >= 0.3 is 0 Å². The van der Waals surface area contributed by atoms with Crippen LogP contribution in [0.25, 0.3) is 0 Å². The molecule has 4 nitrogen and oxygen atoms in total. The van der Waals surface area contributed by atoms with Gasteiger partial charge in [-0.25, -0.2) is 0 Å². The topological polar surface area (TPSA) is 41.6 Å². The highest BCUT2D eigenvalue weighted by molar-refractivity contribution is 6.04. The minimum Gasteiger partial charge on any atom is -0.497 e.